The number of methoxy groups -OCH3 is 1. The van der Waals surface area contributed by atoms with Crippen LogP contribution in [0, 0.1) is 12.7 Å². The van der Waals surface area contributed by atoms with E-state index in [1.54, 1.807) is 6.92 Å². The molecule has 0 saturated carbocycles. The van der Waals surface area contributed by atoms with E-state index in [0.717, 1.165) is 18.2 Å². The molecule has 0 atom stereocenters. The number of halogens is 4. The van der Waals surface area contributed by atoms with Gasteiger partial charge < -0.3 is 14.8 Å². The molecular weight excluding hydrogens is 444 g/mol. The second kappa shape index (κ2) is 9.13. The highest BCUT2D eigenvalue weighted by Gasteiger charge is 2.31. The maximum Gasteiger partial charge on any atom is 0.573 e. The van der Waals surface area contributed by atoms with Crippen LogP contribution in [0.1, 0.15) is 35.5 Å². The minimum Gasteiger partial charge on any atom is -0.494 e. The van der Waals surface area contributed by atoms with Crippen molar-refractivity contribution in [2.45, 2.75) is 39.6 Å². The summed E-state index contributed by atoms with van der Waals surface area (Å²) in [6, 6.07) is 6.84. The Morgan fingerprint density at radius 3 is 2.30 bits per heavy atom. The van der Waals surface area contributed by atoms with E-state index in [1.165, 1.54) is 29.9 Å². The summed E-state index contributed by atoms with van der Waals surface area (Å²) in [4.78, 5) is 25.7. The van der Waals surface area contributed by atoms with Gasteiger partial charge in [-0.3, -0.25) is 14.2 Å². The third-order valence-corrected chi connectivity index (χ3v) is 4.93. The summed E-state index contributed by atoms with van der Waals surface area (Å²) in [5, 5.41) is 3.23. The summed E-state index contributed by atoms with van der Waals surface area (Å²) in [6.07, 6.45) is -4.92. The number of aromatic nitrogens is 1. The van der Waals surface area contributed by atoms with Gasteiger partial charge >= 0.3 is 6.36 Å². The first-order valence-electron chi connectivity index (χ1n) is 9.98. The lowest BCUT2D eigenvalue weighted by atomic mass is 10.1. The molecule has 10 heteroatoms. The predicted octanol–water partition coefficient (Wildman–Crippen LogP) is 4.75. The topological polar surface area (TPSA) is 69.6 Å². The Morgan fingerprint density at radius 2 is 1.76 bits per heavy atom. The van der Waals surface area contributed by atoms with E-state index in [2.05, 4.69) is 10.1 Å². The second-order valence-electron chi connectivity index (χ2n) is 7.68. The number of ether oxygens (including phenoxy) is 2. The zero-order valence-electron chi connectivity index (χ0n) is 18.3. The van der Waals surface area contributed by atoms with Crippen molar-refractivity contribution in [2.75, 3.05) is 7.11 Å². The number of carbonyl (C=O) groups excluding carboxylic acids is 2. The molecule has 2 aromatic carbocycles. The molecule has 1 amide bonds. The normalized spacial score (nSPS) is 11.7. The predicted molar refractivity (Wildman–Crippen MR) is 113 cm³/mol. The SMILES string of the molecule is COc1cc2c(CC(=O)NC(C)C)c(C)n(C(=O)c3ccc(OC(F)(F)F)cc3)c2cc1F. The number of hydrogen-bond acceptors (Lipinski definition) is 4. The summed E-state index contributed by atoms with van der Waals surface area (Å²) >= 11 is 0. The highest BCUT2D eigenvalue weighted by atomic mass is 19.4. The van der Waals surface area contributed by atoms with Crippen molar-refractivity contribution in [1.29, 1.82) is 0 Å². The van der Waals surface area contributed by atoms with Crippen LogP contribution in [0.4, 0.5) is 17.6 Å². The molecule has 1 aromatic heterocycles. The number of hydrogen-bond donors (Lipinski definition) is 1. The van der Waals surface area contributed by atoms with E-state index in [9.17, 15) is 27.2 Å². The first kappa shape index (κ1) is 24.1. The van der Waals surface area contributed by atoms with Gasteiger partial charge in [-0.2, -0.15) is 0 Å². The summed E-state index contributed by atoms with van der Waals surface area (Å²) in [7, 11) is 1.30. The van der Waals surface area contributed by atoms with Crippen LogP contribution in [-0.2, 0) is 11.2 Å². The molecule has 0 spiro atoms. The standard InChI is InChI=1S/C23H22F4N2O4/c1-12(2)28-21(30)10-16-13(3)29(19-11-18(24)20(32-4)9-17(16)19)22(31)14-5-7-15(8-6-14)33-23(25,26)27/h5-9,11-12H,10H2,1-4H3,(H,28,30). The Kier molecular flexibility index (Phi) is 6.66. The number of alkyl halides is 3. The van der Waals surface area contributed by atoms with Gasteiger partial charge in [-0.25, -0.2) is 4.39 Å². The van der Waals surface area contributed by atoms with Crippen molar-refractivity contribution in [3.63, 3.8) is 0 Å². The van der Waals surface area contributed by atoms with Crippen LogP contribution in [0.25, 0.3) is 10.9 Å². The molecule has 1 heterocycles. The monoisotopic (exact) mass is 466 g/mol. The average molecular weight is 466 g/mol. The first-order chi connectivity index (χ1) is 15.4. The summed E-state index contributed by atoms with van der Waals surface area (Å²) < 4.78 is 61.8. The number of nitrogens with zero attached hydrogens (tertiary/aromatic N) is 1. The molecule has 176 valence electrons. The van der Waals surface area contributed by atoms with Crippen LogP contribution < -0.4 is 14.8 Å². The quantitative estimate of drug-likeness (QED) is 0.533. The number of amides is 1. The molecule has 0 saturated heterocycles. The van der Waals surface area contributed by atoms with Gasteiger partial charge in [-0.05, 0) is 56.7 Å². The lowest BCUT2D eigenvalue weighted by Crippen LogP contribution is -2.31. The van der Waals surface area contributed by atoms with E-state index >= 15 is 0 Å². The molecule has 0 aliphatic carbocycles. The van der Waals surface area contributed by atoms with Crippen molar-refractivity contribution < 1.29 is 36.6 Å². The van der Waals surface area contributed by atoms with E-state index in [1.807, 2.05) is 13.8 Å². The lowest BCUT2D eigenvalue weighted by Gasteiger charge is -2.11. The second-order valence-corrected chi connectivity index (χ2v) is 7.68. The van der Waals surface area contributed by atoms with Crippen LogP contribution in [0.5, 0.6) is 11.5 Å². The Bertz CT molecular complexity index is 1200. The van der Waals surface area contributed by atoms with E-state index in [-0.39, 0.29) is 35.2 Å². The molecule has 0 aliphatic heterocycles. The van der Waals surface area contributed by atoms with Crippen molar-refractivity contribution >= 4 is 22.7 Å². The molecule has 0 unspecified atom stereocenters. The van der Waals surface area contributed by atoms with Gasteiger partial charge in [-0.1, -0.05) is 0 Å². The molecule has 0 bridgehead atoms. The molecular formula is C23H22F4N2O4. The maximum absolute atomic E-state index is 14.5. The van der Waals surface area contributed by atoms with Gasteiger partial charge in [0.1, 0.15) is 5.75 Å². The Hall–Kier alpha value is -3.56. The number of nitrogens with one attached hydrogen (secondary N) is 1. The van der Waals surface area contributed by atoms with Gasteiger partial charge in [0.05, 0.1) is 19.0 Å². The molecule has 1 N–H and O–H groups in total. The Balaban J connectivity index is 2.10. The zero-order valence-corrected chi connectivity index (χ0v) is 18.3. The van der Waals surface area contributed by atoms with Crippen LogP contribution in [0.15, 0.2) is 36.4 Å². The van der Waals surface area contributed by atoms with Crippen LogP contribution in [0.2, 0.25) is 0 Å². The summed E-state index contributed by atoms with van der Waals surface area (Å²) in [5.41, 5.74) is 1.17. The largest absolute Gasteiger partial charge is 0.573 e. The highest BCUT2D eigenvalue weighted by molar-refractivity contribution is 6.05. The average Bonchev–Trinajstić information content (AvgIpc) is 2.96. The van der Waals surface area contributed by atoms with Crippen molar-refractivity contribution in [3.05, 3.63) is 59.0 Å². The smallest absolute Gasteiger partial charge is 0.494 e. The Labute approximate surface area is 187 Å². The molecule has 6 nitrogen and oxygen atoms in total. The minimum atomic E-state index is -4.86. The minimum absolute atomic E-state index is 0.0498. The number of fused-ring (bicyclic) bond motifs is 1. The van der Waals surface area contributed by atoms with E-state index in [4.69, 9.17) is 4.74 Å². The van der Waals surface area contributed by atoms with Gasteiger partial charge in [0.25, 0.3) is 5.91 Å². The first-order valence-corrected chi connectivity index (χ1v) is 9.98. The highest BCUT2D eigenvalue weighted by Crippen LogP contribution is 2.33. The Morgan fingerprint density at radius 1 is 1.12 bits per heavy atom. The molecule has 3 rings (SSSR count). The van der Waals surface area contributed by atoms with Gasteiger partial charge in [0, 0.05) is 28.8 Å². The van der Waals surface area contributed by atoms with Gasteiger partial charge in [0.2, 0.25) is 5.91 Å². The third-order valence-electron chi connectivity index (χ3n) is 4.93. The molecule has 0 aliphatic rings. The fourth-order valence-electron chi connectivity index (χ4n) is 3.58. The van der Waals surface area contributed by atoms with E-state index in [0.29, 0.717) is 16.6 Å². The van der Waals surface area contributed by atoms with Crippen molar-refractivity contribution in [2.24, 2.45) is 0 Å². The van der Waals surface area contributed by atoms with Crippen molar-refractivity contribution in [3.8, 4) is 11.5 Å². The number of rotatable bonds is 6. The fourth-order valence-corrected chi connectivity index (χ4v) is 3.58. The molecule has 0 fully saturated rings. The summed E-state index contributed by atoms with van der Waals surface area (Å²) in [5.74, 6) is -2.11. The van der Waals surface area contributed by atoms with Crippen LogP contribution >= 0.6 is 0 Å². The van der Waals surface area contributed by atoms with E-state index < -0.39 is 23.8 Å². The fraction of sp³-hybridized carbons (Fsp3) is 0.304. The number of benzene rings is 2. The number of carbonyl (C=O) groups is 2. The summed E-state index contributed by atoms with van der Waals surface area (Å²) in [6.45, 7) is 5.23. The van der Waals surface area contributed by atoms with Crippen molar-refractivity contribution in [1.82, 2.24) is 9.88 Å². The third kappa shape index (κ3) is 5.27. The van der Waals surface area contributed by atoms with Gasteiger partial charge in [-0.15, -0.1) is 13.2 Å². The molecule has 33 heavy (non-hydrogen) atoms. The molecule has 3 aromatic rings. The maximum atomic E-state index is 14.5. The zero-order chi connectivity index (χ0) is 24.5. The van der Waals surface area contributed by atoms with Crippen LogP contribution in [-0.4, -0.2) is 35.9 Å². The van der Waals surface area contributed by atoms with Gasteiger partial charge in [0.15, 0.2) is 11.6 Å². The lowest BCUT2D eigenvalue weighted by molar-refractivity contribution is -0.274. The molecule has 0 radical (unpaired) electrons. The van der Waals surface area contributed by atoms with Crippen LogP contribution in [0.3, 0.4) is 0 Å².